The van der Waals surface area contributed by atoms with Gasteiger partial charge in [0, 0.05) is 164 Å². The minimum atomic E-state index is -4.26. The normalized spacial score (nSPS) is 49.6. The summed E-state index contributed by atoms with van der Waals surface area (Å²) in [5, 5.41) is 0. The van der Waals surface area contributed by atoms with Gasteiger partial charge >= 0.3 is 17.9 Å². The van der Waals surface area contributed by atoms with Crippen molar-refractivity contribution >= 4 is 17.9 Å². The van der Waals surface area contributed by atoms with E-state index in [0.29, 0.717) is 30.6 Å². The molecule has 3 aromatic rings. The molecule has 3 aromatic carbocycles. The average Bonchev–Trinajstić information content (AvgIpc) is 0.671. The SMILES string of the molecule is [2H]c1c(OC)c(OC([2H])([2H])[2H])c([2H])c2c1C1([2H])CC([2H])(OC(=O)[C@@]([2H])(N)C([2H])(C([2H])([2H])[2H])C([2H])([2H])[2H])C(C([2H])([2H])C([2H])(C)C([2H])([2H])[2H])CN1C([2H])([2H])C2([2H])[2H].[2H]c1c(OC)c(OC)c([2H])c2c1C1([2H])CC([2H])(OC(=O)[C@@]([2H])(N)C([2H])(C([2H])([2H])[2H])C([2H])([2H])[2H])C(C([2H])([2H])C([2H])(C)C([2H])([2H])[2H])CN1C([2H])([2H])C2([2H])[2H].[2H]c1c(OC)c(OC)c([2H])c2c1C1([2H])CC([2H])(OC(=O)[C@@]([2H])(N)C([2H])(C([2H])([2H])[2H])C([2H])([2H])[2H])C(C([2H])([2H])C([2H])(C)C([2H])([2H])[2H])CN1C([2H])([2H])C2([2H])[2H]. The van der Waals surface area contributed by atoms with Gasteiger partial charge in [-0.15, -0.1) is 0 Å². The first-order chi connectivity index (χ1) is 69.5. The lowest BCUT2D eigenvalue weighted by atomic mass is 9.79. The summed E-state index contributed by atoms with van der Waals surface area (Å²) in [6.45, 7) is -48.6. The van der Waals surface area contributed by atoms with Crippen molar-refractivity contribution in [3.05, 3.63) is 69.6 Å². The number of hydrogen-bond donors (Lipinski definition) is 3. The first kappa shape index (κ1) is 23.2. The Morgan fingerprint density at radius 3 is 1.00 bits per heavy atom. The van der Waals surface area contributed by atoms with E-state index in [1.807, 2.05) is 0 Å². The number of fused-ring (bicyclic) bond motifs is 9. The molecule has 12 unspecified atom stereocenters. The zero-order valence-electron chi connectivity index (χ0n) is 118. The number of rotatable bonds is 21. The van der Waals surface area contributed by atoms with E-state index in [1.54, 1.807) is 0 Å². The number of carbonyl (C=O) groups is 3. The molecule has 0 aliphatic carbocycles. The van der Waals surface area contributed by atoms with Gasteiger partial charge < -0.3 is 59.8 Å². The zero-order valence-corrected chi connectivity index (χ0v) is 49.4. The van der Waals surface area contributed by atoms with E-state index < -0.39 is 395 Å². The first-order valence-electron chi connectivity index (χ1n) is 60.8. The van der Waals surface area contributed by atoms with Gasteiger partial charge in [0.1, 0.15) is 36.3 Å². The van der Waals surface area contributed by atoms with Gasteiger partial charge in [-0.1, -0.05) is 82.4 Å². The van der Waals surface area contributed by atoms with E-state index in [2.05, 4.69) is 0 Å². The molecule has 6 heterocycles. The van der Waals surface area contributed by atoms with E-state index in [1.165, 1.54) is 0 Å². The van der Waals surface area contributed by atoms with Crippen LogP contribution in [0.4, 0.5) is 0 Å². The van der Waals surface area contributed by atoms with Crippen LogP contribution in [0, 0.1) is 53.1 Å². The molecule has 3 fully saturated rings. The first-order valence-corrected chi connectivity index (χ1v) is 26.3. The molecule has 6 aliphatic heterocycles. The fraction of sp³-hybridized carbons (Fsp3) is 0.708. The standard InChI is InChI=1S/3C24H38N2O4/c3*1-14(2)9-17-13-26-8-7-16-10-21(28-5)22(29-6)11-18(16)19(26)12-20(17)30-24(27)23(25)15(3)4/h3*10-11,14-15,17,19-20,23H,7-9,12-13,25H2,1-6H3/t3*17?,19?,20?,23-/m000/s1/i1D3,3D3,4D3,5D3,7D2,8D2,9D2,10D,11D,14D,15D,19D,20D,23D;2*1D3,3D3,4D3,7D2,8D2,9D2,10D,11D,14D,15D,19D,20D,23D/t3*14?,17?,19?,20?,23-. The fourth-order valence-electron chi connectivity index (χ4n) is 9.14. The Kier molecular flexibility index (Phi) is 8.38. The van der Waals surface area contributed by atoms with Gasteiger partial charge in [-0.05, 0) is 143 Å². The number of nitrogens with zero attached hydrogens (tertiary/aromatic N) is 3. The number of piperidine rings is 3. The second-order valence-corrected chi connectivity index (χ2v) is 19.4. The maximum Gasteiger partial charge on any atom is 0.323 e. The zero-order chi connectivity index (χ0) is 126. The van der Waals surface area contributed by atoms with Crippen LogP contribution in [0.5, 0.6) is 34.5 Å². The van der Waals surface area contributed by atoms with Crippen molar-refractivity contribution in [2.75, 3.05) is 81.7 Å². The largest absolute Gasteiger partial charge is 0.493 e. The molecule has 15 atom stereocenters. The highest BCUT2D eigenvalue weighted by Crippen LogP contribution is 2.48. The summed E-state index contributed by atoms with van der Waals surface area (Å²) in [5.41, 5.74) is 11.0. The smallest absolute Gasteiger partial charge is 0.323 e. The molecule has 18 heteroatoms. The Bertz CT molecular complexity index is 5760. The molecular formula is C72H114N6O12. The molecule has 0 radical (unpaired) electrons. The Labute approximate surface area is 636 Å². The summed E-state index contributed by atoms with van der Waals surface area (Å²) >= 11 is 0. The van der Waals surface area contributed by atoms with Gasteiger partial charge in [-0.25, -0.2) is 0 Å². The van der Waals surface area contributed by atoms with Crippen molar-refractivity contribution in [1.82, 2.24) is 14.7 Å². The summed E-state index contributed by atoms with van der Waals surface area (Å²) in [5.74, 6) is -42.4. The second kappa shape index (κ2) is 32.5. The second-order valence-electron chi connectivity index (χ2n) is 19.4. The molecule has 9 rings (SSSR count). The minimum absolute atomic E-state index is 0.193. The summed E-state index contributed by atoms with van der Waals surface area (Å²) < 4.78 is 623. The summed E-state index contributed by atoms with van der Waals surface area (Å²) in [4.78, 5) is 42.1. The highest BCUT2D eigenvalue weighted by atomic mass is 16.6. The molecule has 504 valence electrons. The van der Waals surface area contributed by atoms with Crippen molar-refractivity contribution in [3.63, 3.8) is 0 Å². The number of esters is 3. The molecule has 6 N–H and O–H groups in total. The predicted molar refractivity (Wildman–Crippen MR) is 353 cm³/mol. The maximum absolute atomic E-state index is 13.8. The van der Waals surface area contributed by atoms with Crippen molar-refractivity contribution in [2.24, 2.45) is 70.3 Å². The lowest BCUT2D eigenvalue weighted by Gasteiger charge is -2.47. The van der Waals surface area contributed by atoms with E-state index in [0.717, 1.165) is 35.5 Å². The number of carbonyl (C=O) groups excluding carboxylic acids is 3. The van der Waals surface area contributed by atoms with E-state index in [9.17, 15) is 22.6 Å². The molecule has 0 bridgehead atoms. The van der Waals surface area contributed by atoms with Gasteiger partial charge in [0.25, 0.3) is 0 Å². The Hall–Kier alpha value is -5.37. The van der Waals surface area contributed by atoms with Gasteiger partial charge in [0.05, 0.1) is 67.3 Å². The number of nitrogens with two attached hydrogens (primary N) is 3. The lowest BCUT2D eigenvalue weighted by molar-refractivity contribution is -0.161. The lowest BCUT2D eigenvalue weighted by Crippen LogP contribution is -2.51. The molecule has 0 amide bonds. The fourth-order valence-corrected chi connectivity index (χ4v) is 9.14. The Morgan fingerprint density at radius 1 is 0.489 bits per heavy atom. The average molecular weight is 1330 g/mol. The number of methoxy groups -OCH3 is 6. The Balaban J connectivity index is 0.000000321. The van der Waals surface area contributed by atoms with Gasteiger partial charge in [-0.3, -0.25) is 29.1 Å². The topological polar surface area (TPSA) is 222 Å². The molecular weight excluding hydrogens is 1140 g/mol. The number of benzene rings is 3. The number of ether oxygens (including phenoxy) is 9. The van der Waals surface area contributed by atoms with Crippen LogP contribution in [-0.4, -0.2) is 151 Å². The quantitative estimate of drug-likeness (QED) is 0.0666. The summed E-state index contributed by atoms with van der Waals surface area (Å²) in [6, 6.07) is -28.0. The molecule has 0 aromatic heterocycles. The third kappa shape index (κ3) is 17.5. The van der Waals surface area contributed by atoms with E-state index >= 15 is 0 Å². The maximum atomic E-state index is 13.8. The van der Waals surface area contributed by atoms with Crippen molar-refractivity contribution in [2.45, 2.75) is 194 Å². The molecule has 3 saturated heterocycles. The molecule has 90 heavy (non-hydrogen) atoms. The van der Waals surface area contributed by atoms with Crippen LogP contribution in [0.1, 0.15) is 267 Å². The third-order valence-electron chi connectivity index (χ3n) is 13.3. The van der Waals surface area contributed by atoms with Gasteiger partial charge in [0.15, 0.2) is 34.5 Å². The molecule has 0 saturated carbocycles. The van der Waals surface area contributed by atoms with Crippen LogP contribution in [0.3, 0.4) is 0 Å². The number of hydrogen-bond acceptors (Lipinski definition) is 18. The molecule has 6 aliphatic rings. The highest BCUT2D eigenvalue weighted by Gasteiger charge is 2.45. The predicted octanol–water partition coefficient (Wildman–Crippen LogP) is 10.7. The van der Waals surface area contributed by atoms with E-state index in [4.69, 9.17) is 146 Å². The van der Waals surface area contributed by atoms with Crippen LogP contribution in [-0.2, 0) is 47.7 Å². The van der Waals surface area contributed by atoms with Crippen LogP contribution < -0.4 is 45.6 Å². The van der Waals surface area contributed by atoms with Crippen LogP contribution in [0.15, 0.2) is 36.3 Å². The van der Waals surface area contributed by atoms with Crippen LogP contribution in [0.2, 0.25) is 0 Å². The van der Waals surface area contributed by atoms with E-state index in [-0.39, 0.29) is 4.90 Å². The third-order valence-corrected chi connectivity index (χ3v) is 13.3. The van der Waals surface area contributed by atoms with Crippen LogP contribution in [0.25, 0.3) is 0 Å². The highest BCUT2D eigenvalue weighted by molar-refractivity contribution is 5.77. The van der Waals surface area contributed by atoms with Crippen molar-refractivity contribution < 1.29 is 152 Å². The molecule has 0 spiro atoms. The summed E-state index contributed by atoms with van der Waals surface area (Å²) in [6.07, 6.45) is -37.1. The molecule has 18 nitrogen and oxygen atoms in total. The Morgan fingerprint density at radius 2 is 0.756 bits per heavy atom. The van der Waals surface area contributed by atoms with Crippen molar-refractivity contribution in [3.8, 4) is 34.5 Å². The van der Waals surface area contributed by atoms with Gasteiger partial charge in [-0.2, -0.15) is 0 Å². The van der Waals surface area contributed by atoms with Gasteiger partial charge in [0.2, 0.25) is 0 Å². The summed E-state index contributed by atoms with van der Waals surface area (Å²) in [7, 11) is 1.53. The monoisotopic (exact) mass is 1320 g/mol. The minimum Gasteiger partial charge on any atom is -0.493 e. The van der Waals surface area contributed by atoms with Crippen LogP contribution >= 0.6 is 0 Å². The van der Waals surface area contributed by atoms with Crippen molar-refractivity contribution in [1.29, 1.82) is 0 Å².